The fourth-order valence-electron chi connectivity index (χ4n) is 4.54. The van der Waals surface area contributed by atoms with Crippen LogP contribution < -0.4 is 21.3 Å². The van der Waals surface area contributed by atoms with Crippen LogP contribution in [0.1, 0.15) is 23.3 Å². The maximum Gasteiger partial charge on any atom is 0.331 e. The number of thiophene rings is 1. The van der Waals surface area contributed by atoms with E-state index in [9.17, 15) is 9.59 Å². The van der Waals surface area contributed by atoms with Crippen LogP contribution in [0.2, 0.25) is 5.02 Å². The largest absolute Gasteiger partial charge is 0.489 e. The average Bonchev–Trinajstić information content (AvgIpc) is 3.24. The topological polar surface area (TPSA) is 98.4 Å². The molecule has 0 aliphatic heterocycles. The molecule has 0 amide bonds. The summed E-state index contributed by atoms with van der Waals surface area (Å²) in [6.45, 7) is 2.87. The number of aryl methyl sites for hydroxylation is 2. The lowest BCUT2D eigenvalue weighted by Gasteiger charge is -2.36. The van der Waals surface area contributed by atoms with Gasteiger partial charge >= 0.3 is 5.69 Å². The van der Waals surface area contributed by atoms with Crippen molar-refractivity contribution in [1.29, 1.82) is 0 Å². The molecule has 0 bridgehead atoms. The molecule has 2 N–H and O–H groups in total. The van der Waals surface area contributed by atoms with Gasteiger partial charge in [-0.05, 0) is 49.6 Å². The van der Waals surface area contributed by atoms with E-state index in [-0.39, 0.29) is 30.5 Å². The third kappa shape index (κ3) is 4.84. The van der Waals surface area contributed by atoms with Gasteiger partial charge in [0.05, 0.1) is 23.4 Å². The lowest BCUT2D eigenvalue weighted by molar-refractivity contribution is 0.0825. The van der Waals surface area contributed by atoms with Crippen LogP contribution in [0.5, 0.6) is 5.75 Å². The van der Waals surface area contributed by atoms with Gasteiger partial charge in [-0.15, -0.1) is 11.3 Å². The molecular formula is C26H27ClN4O4S. The molecule has 5 rings (SSSR count). The Morgan fingerprint density at radius 1 is 1.22 bits per heavy atom. The number of aliphatic hydroxyl groups excluding tert-OH is 1. The number of nitrogens with zero attached hydrogens (tertiary/aromatic N) is 3. The van der Waals surface area contributed by atoms with Gasteiger partial charge in [0.15, 0.2) is 0 Å². The lowest BCUT2D eigenvalue weighted by atomic mass is 9.89. The first-order valence-corrected chi connectivity index (χ1v) is 13.0. The molecule has 0 atom stereocenters. The number of hydrogen-bond acceptors (Lipinski definition) is 7. The summed E-state index contributed by atoms with van der Waals surface area (Å²) in [5.41, 5.74) is 2.87. The van der Waals surface area contributed by atoms with E-state index in [1.165, 1.54) is 32.7 Å². The van der Waals surface area contributed by atoms with E-state index < -0.39 is 0 Å². The Balaban J connectivity index is 1.50. The highest BCUT2D eigenvalue weighted by molar-refractivity contribution is 7.19. The standard InChI is InChI=1S/C26H27ClN4O4S/c1-15-9-16(27)10-21(24(15)35-18-11-17(12-18)28-6-8-32)20-3-5-29-22-13-19(36-25(20)22)14-31-23(33)4-7-30(2)26(31)34/h3-5,7,9-10,13,17-18,28,32H,6,8,11-12,14H2,1-2H3. The minimum absolute atomic E-state index is 0.0808. The van der Waals surface area contributed by atoms with Crippen molar-refractivity contribution in [3.05, 3.63) is 79.0 Å². The van der Waals surface area contributed by atoms with Crippen LogP contribution in [-0.4, -0.2) is 44.5 Å². The van der Waals surface area contributed by atoms with Crippen LogP contribution >= 0.6 is 22.9 Å². The minimum atomic E-state index is -0.360. The molecule has 10 heteroatoms. The van der Waals surface area contributed by atoms with Crippen LogP contribution in [0.4, 0.5) is 0 Å². The van der Waals surface area contributed by atoms with E-state index in [1.54, 1.807) is 13.2 Å². The van der Waals surface area contributed by atoms with Gasteiger partial charge in [0.2, 0.25) is 0 Å². The average molecular weight is 527 g/mol. The zero-order chi connectivity index (χ0) is 25.4. The Morgan fingerprint density at radius 2 is 2.03 bits per heavy atom. The van der Waals surface area contributed by atoms with Crippen LogP contribution in [0.15, 0.2) is 52.3 Å². The number of nitrogens with one attached hydrogen (secondary N) is 1. The van der Waals surface area contributed by atoms with E-state index in [2.05, 4.69) is 10.3 Å². The Kier molecular flexibility index (Phi) is 6.98. The Hall–Kier alpha value is -2.98. The van der Waals surface area contributed by atoms with Crippen molar-refractivity contribution in [3.63, 3.8) is 0 Å². The van der Waals surface area contributed by atoms with Crippen molar-refractivity contribution >= 4 is 33.2 Å². The number of pyridine rings is 1. The van der Waals surface area contributed by atoms with E-state index >= 15 is 0 Å². The van der Waals surface area contributed by atoms with Gasteiger partial charge in [-0.1, -0.05) is 11.6 Å². The van der Waals surface area contributed by atoms with Crippen LogP contribution in [0.3, 0.4) is 0 Å². The molecule has 8 nitrogen and oxygen atoms in total. The molecule has 0 unspecified atom stereocenters. The predicted molar refractivity (Wildman–Crippen MR) is 142 cm³/mol. The number of benzene rings is 1. The quantitative estimate of drug-likeness (QED) is 0.365. The fraction of sp³-hybridized carbons (Fsp3) is 0.346. The molecule has 188 valence electrons. The lowest BCUT2D eigenvalue weighted by Crippen LogP contribution is -2.47. The maximum absolute atomic E-state index is 12.5. The number of ether oxygens (including phenoxy) is 1. The maximum atomic E-state index is 12.5. The van der Waals surface area contributed by atoms with Crippen molar-refractivity contribution in [2.75, 3.05) is 13.2 Å². The number of halogens is 1. The fourth-order valence-corrected chi connectivity index (χ4v) is 5.95. The molecular weight excluding hydrogens is 500 g/mol. The van der Waals surface area contributed by atoms with Crippen molar-refractivity contribution in [2.45, 2.75) is 38.5 Å². The van der Waals surface area contributed by atoms with E-state index in [0.29, 0.717) is 17.6 Å². The highest BCUT2D eigenvalue weighted by Gasteiger charge is 2.31. The summed E-state index contributed by atoms with van der Waals surface area (Å²) in [6.07, 6.45) is 5.05. The minimum Gasteiger partial charge on any atom is -0.489 e. The molecule has 1 saturated carbocycles. The van der Waals surface area contributed by atoms with Crippen molar-refractivity contribution in [2.24, 2.45) is 7.05 Å². The molecule has 1 aliphatic carbocycles. The van der Waals surface area contributed by atoms with Crippen LogP contribution in [-0.2, 0) is 13.6 Å². The molecule has 3 aromatic heterocycles. The number of rotatable bonds is 8. The van der Waals surface area contributed by atoms with Crippen molar-refractivity contribution in [3.8, 4) is 16.9 Å². The van der Waals surface area contributed by atoms with Gasteiger partial charge in [-0.2, -0.15) is 0 Å². The molecule has 1 aromatic carbocycles. The second-order valence-corrected chi connectivity index (χ2v) is 10.7. The smallest absolute Gasteiger partial charge is 0.331 e. The first-order valence-electron chi connectivity index (χ1n) is 11.8. The molecule has 1 aliphatic rings. The van der Waals surface area contributed by atoms with Gasteiger partial charge in [-0.3, -0.25) is 14.3 Å². The number of aliphatic hydroxyl groups is 1. The summed E-state index contributed by atoms with van der Waals surface area (Å²) in [4.78, 5) is 30.2. The number of hydrogen-bond donors (Lipinski definition) is 2. The van der Waals surface area contributed by atoms with Crippen molar-refractivity contribution < 1.29 is 9.84 Å². The second kappa shape index (κ2) is 10.2. The SMILES string of the molecule is Cc1cc(Cl)cc(-c2ccnc3cc(Cn4c(=O)ccn(C)c4=O)sc23)c1OC1CC(NCCO)C1. The van der Waals surface area contributed by atoms with E-state index in [0.717, 1.165) is 50.4 Å². The summed E-state index contributed by atoms with van der Waals surface area (Å²) in [7, 11) is 1.62. The molecule has 1 fully saturated rings. The van der Waals surface area contributed by atoms with Crippen molar-refractivity contribution in [1.82, 2.24) is 19.4 Å². The van der Waals surface area contributed by atoms with Crippen LogP contribution in [0.25, 0.3) is 21.3 Å². The highest BCUT2D eigenvalue weighted by Crippen LogP contribution is 2.42. The molecule has 0 spiro atoms. The number of fused-ring (bicyclic) bond motifs is 1. The summed E-state index contributed by atoms with van der Waals surface area (Å²) in [6, 6.07) is 9.41. The highest BCUT2D eigenvalue weighted by atomic mass is 35.5. The molecule has 36 heavy (non-hydrogen) atoms. The monoisotopic (exact) mass is 526 g/mol. The Bertz CT molecular complexity index is 1540. The van der Waals surface area contributed by atoms with E-state index in [1.807, 2.05) is 31.2 Å². The first-order chi connectivity index (χ1) is 17.3. The molecule has 0 radical (unpaired) electrons. The molecule has 4 aromatic rings. The Labute approximate surface area is 216 Å². The summed E-state index contributed by atoms with van der Waals surface area (Å²) in [5.74, 6) is 0.792. The summed E-state index contributed by atoms with van der Waals surface area (Å²) >= 11 is 7.98. The zero-order valence-corrected chi connectivity index (χ0v) is 21.6. The third-order valence-electron chi connectivity index (χ3n) is 6.47. The zero-order valence-electron chi connectivity index (χ0n) is 20.0. The third-order valence-corrected chi connectivity index (χ3v) is 7.83. The number of aromatic nitrogens is 3. The van der Waals surface area contributed by atoms with E-state index in [4.69, 9.17) is 21.4 Å². The normalized spacial score (nSPS) is 17.3. The summed E-state index contributed by atoms with van der Waals surface area (Å²) < 4.78 is 10.0. The van der Waals surface area contributed by atoms with Gasteiger partial charge in [-0.25, -0.2) is 4.79 Å². The predicted octanol–water partition coefficient (Wildman–Crippen LogP) is 3.33. The van der Waals surface area contributed by atoms with Gasteiger partial charge in [0, 0.05) is 59.1 Å². The van der Waals surface area contributed by atoms with Gasteiger partial charge in [0.1, 0.15) is 11.9 Å². The Morgan fingerprint density at radius 3 is 2.81 bits per heavy atom. The summed E-state index contributed by atoms with van der Waals surface area (Å²) in [5, 5.41) is 13.0. The second-order valence-electron chi connectivity index (χ2n) is 9.10. The molecule has 3 heterocycles. The van der Waals surface area contributed by atoms with Crippen LogP contribution in [0, 0.1) is 6.92 Å². The molecule has 0 saturated heterocycles. The van der Waals surface area contributed by atoms with Gasteiger partial charge < -0.3 is 19.7 Å². The first kappa shape index (κ1) is 24.7. The van der Waals surface area contributed by atoms with Gasteiger partial charge in [0.25, 0.3) is 5.56 Å².